The molecule has 2 spiro atoms. The number of Topliss-reactive ketones (excluding diaryl/α,β-unsaturated/α-hetero) is 1. The van der Waals surface area contributed by atoms with Gasteiger partial charge in [-0.1, -0.05) is 84.9 Å². The average molecular weight is 936 g/mol. The molecule has 67 heavy (non-hydrogen) atoms. The number of aromatic nitrogens is 3. The zero-order chi connectivity index (χ0) is 48.8. The monoisotopic (exact) mass is 936 g/mol. The molecule has 5 aliphatic heterocycles. The molecule has 0 radical (unpaired) electrons. The van der Waals surface area contributed by atoms with Gasteiger partial charge >= 0.3 is 11.9 Å². The maximum atomic E-state index is 14.8. The average Bonchev–Trinajstić information content (AvgIpc) is 3.94. The van der Waals surface area contributed by atoms with E-state index < -0.39 is 94.9 Å². The Kier molecular flexibility index (Phi) is 15.3. The molecular weight excluding hydrogens is 859 g/mol. The summed E-state index contributed by atoms with van der Waals surface area (Å²) in [6.07, 6.45) is 8.26. The Morgan fingerprint density at radius 2 is 1.64 bits per heavy atom. The number of carbonyl (C=O) groups is 3. The molecular formula is C52H77N3O12. The molecule has 5 aliphatic rings. The maximum absolute atomic E-state index is 14.8. The second-order valence-electron chi connectivity index (χ2n) is 21.0. The molecule has 4 fully saturated rings. The van der Waals surface area contributed by atoms with Gasteiger partial charge in [0.15, 0.2) is 11.6 Å². The molecule has 0 aliphatic carbocycles. The molecule has 3 N–H and O–H groups in total. The van der Waals surface area contributed by atoms with Crippen LogP contribution >= 0.6 is 0 Å². The van der Waals surface area contributed by atoms with Crippen molar-refractivity contribution in [3.05, 3.63) is 48.2 Å². The van der Waals surface area contributed by atoms with Gasteiger partial charge in [0.2, 0.25) is 0 Å². The fourth-order valence-electron chi connectivity index (χ4n) is 12.3. The largest absolute Gasteiger partial charge is 0.481 e. The predicted octanol–water partition coefficient (Wildman–Crippen LogP) is 8.11. The van der Waals surface area contributed by atoms with Gasteiger partial charge in [0.1, 0.15) is 17.5 Å². The van der Waals surface area contributed by atoms with Gasteiger partial charge < -0.3 is 43.7 Å². The van der Waals surface area contributed by atoms with Crippen LogP contribution < -0.4 is 0 Å². The molecule has 0 bridgehead atoms. The number of carbonyl (C=O) groups excluding carboxylic acids is 2. The van der Waals surface area contributed by atoms with Crippen LogP contribution in [0.25, 0.3) is 11.3 Å². The number of hydrogen-bond acceptors (Lipinski definition) is 13. The fraction of sp³-hybridized carbons (Fsp3) is 0.750. The number of ether oxygens (including phenoxy) is 6. The van der Waals surface area contributed by atoms with E-state index >= 15 is 0 Å². The third kappa shape index (κ3) is 9.56. The van der Waals surface area contributed by atoms with E-state index in [1.165, 1.54) is 7.11 Å². The van der Waals surface area contributed by atoms with Crippen LogP contribution in [0.5, 0.6) is 0 Å². The van der Waals surface area contributed by atoms with Crippen LogP contribution in [-0.2, 0) is 38.0 Å². The van der Waals surface area contributed by atoms with Crippen molar-refractivity contribution in [2.45, 2.75) is 199 Å². The highest BCUT2D eigenvalue weighted by molar-refractivity contribution is 5.96. The number of carboxylic acid groups (broad SMARTS) is 1. The molecule has 0 amide bonds. The molecule has 6 heterocycles. The van der Waals surface area contributed by atoms with E-state index in [0.29, 0.717) is 74.6 Å². The number of methoxy groups -OCH3 is 1. The lowest BCUT2D eigenvalue weighted by molar-refractivity contribution is -0.402. The van der Waals surface area contributed by atoms with Crippen LogP contribution in [0.1, 0.15) is 150 Å². The smallest absolute Gasteiger partial charge is 0.338 e. The molecule has 372 valence electrons. The lowest BCUT2D eigenvalue weighted by Crippen LogP contribution is -2.62. The zero-order valence-corrected chi connectivity index (χ0v) is 41.6. The van der Waals surface area contributed by atoms with Gasteiger partial charge in [-0.05, 0) is 95.6 Å². The molecule has 0 unspecified atom stereocenters. The van der Waals surface area contributed by atoms with Crippen molar-refractivity contribution in [3.8, 4) is 11.3 Å². The fourth-order valence-corrected chi connectivity index (χ4v) is 12.3. The number of carboxylic acids is 1. The molecule has 2 aromatic rings. The standard InChI is InChI=1S/C52H77N3O12/c1-12-35(47(58)59)40-20-19-29(4)45(64-40)33(8)43(56)32(7)44(57)36(13-2)46-30(5)27-31(6)51(65-46)24-21-41(55-28-39(53-54-55)37-17-15-16-18-38(37)48(60)62-11)52(67-51)26-25-49(10,66-52)42-22-23-50(61,14-3)34(9)63-42/h15-18,21,24,28-36,40-43,45-46,56,61H,12-14,19-20,22-23,25-27H2,1-11H3,(H,58,59)/t29-,30-,31+,32-,33-,34-,35+,36-,40+,41-,42+,43+,45+,46-,49-,50+,51-,52-/m0/s1. The summed E-state index contributed by atoms with van der Waals surface area (Å²) in [6, 6.07) is 6.44. The van der Waals surface area contributed by atoms with E-state index in [9.17, 15) is 29.7 Å². The number of nitrogens with zero attached hydrogens (tertiary/aromatic N) is 3. The molecule has 7 rings (SSSR count). The van der Waals surface area contributed by atoms with Crippen molar-refractivity contribution >= 4 is 17.7 Å². The number of aliphatic hydroxyl groups is 2. The van der Waals surface area contributed by atoms with E-state index in [2.05, 4.69) is 31.1 Å². The Balaban J connectivity index is 1.18. The van der Waals surface area contributed by atoms with E-state index in [1.54, 1.807) is 36.0 Å². The highest BCUT2D eigenvalue weighted by Crippen LogP contribution is 2.57. The van der Waals surface area contributed by atoms with Crippen LogP contribution in [0.4, 0.5) is 0 Å². The Hall–Kier alpha value is -3.57. The van der Waals surface area contributed by atoms with Crippen LogP contribution in [-0.4, -0.2) is 115 Å². The third-order valence-electron chi connectivity index (χ3n) is 16.8. The number of aliphatic hydroxyl groups excluding tert-OH is 1. The first-order valence-electron chi connectivity index (χ1n) is 25.1. The van der Waals surface area contributed by atoms with Crippen molar-refractivity contribution in [1.29, 1.82) is 0 Å². The normalized spacial score (nSPS) is 38.9. The lowest BCUT2D eigenvalue weighted by Gasteiger charge is -2.55. The molecule has 0 saturated carbocycles. The molecule has 1 aromatic heterocycles. The number of hydrogen-bond donors (Lipinski definition) is 3. The highest BCUT2D eigenvalue weighted by Gasteiger charge is 2.64. The second-order valence-corrected chi connectivity index (χ2v) is 21.0. The van der Waals surface area contributed by atoms with Gasteiger partial charge in [-0.3, -0.25) is 9.59 Å². The summed E-state index contributed by atoms with van der Waals surface area (Å²) in [5.74, 6) is -6.65. The first kappa shape index (κ1) is 51.3. The summed E-state index contributed by atoms with van der Waals surface area (Å²) >= 11 is 0. The topological polar surface area (TPSA) is 198 Å². The molecule has 18 atom stereocenters. The van der Waals surface area contributed by atoms with Crippen molar-refractivity contribution in [2.24, 2.45) is 41.4 Å². The zero-order valence-electron chi connectivity index (χ0n) is 41.6. The summed E-state index contributed by atoms with van der Waals surface area (Å²) in [6.45, 7) is 19.7. The first-order chi connectivity index (χ1) is 31.7. The van der Waals surface area contributed by atoms with Gasteiger partial charge in [-0.2, -0.15) is 0 Å². The molecule has 1 aromatic carbocycles. The van der Waals surface area contributed by atoms with Crippen LogP contribution in [0.15, 0.2) is 42.6 Å². The second kappa shape index (κ2) is 20.0. The van der Waals surface area contributed by atoms with Crippen molar-refractivity contribution < 1.29 is 58.1 Å². The van der Waals surface area contributed by atoms with E-state index in [0.717, 1.165) is 6.42 Å². The van der Waals surface area contributed by atoms with Crippen molar-refractivity contribution in [1.82, 2.24) is 15.0 Å². The van der Waals surface area contributed by atoms with Gasteiger partial charge in [0.25, 0.3) is 0 Å². The summed E-state index contributed by atoms with van der Waals surface area (Å²) in [5, 5.41) is 42.3. The minimum atomic E-state index is -1.35. The number of rotatable bonds is 15. The van der Waals surface area contributed by atoms with Crippen LogP contribution in [0.3, 0.4) is 0 Å². The minimum Gasteiger partial charge on any atom is -0.481 e. The Morgan fingerprint density at radius 3 is 2.30 bits per heavy atom. The quantitative estimate of drug-likeness (QED) is 0.114. The number of ketones is 1. The van der Waals surface area contributed by atoms with Gasteiger partial charge in [0, 0.05) is 35.7 Å². The van der Waals surface area contributed by atoms with Crippen molar-refractivity contribution in [3.63, 3.8) is 0 Å². The number of aliphatic carboxylic acids is 1. The minimum absolute atomic E-state index is 0.0385. The Labute approximate surface area is 396 Å². The summed E-state index contributed by atoms with van der Waals surface area (Å²) < 4.78 is 41.9. The lowest BCUT2D eigenvalue weighted by atomic mass is 9.72. The predicted molar refractivity (Wildman–Crippen MR) is 248 cm³/mol. The summed E-state index contributed by atoms with van der Waals surface area (Å²) in [4.78, 5) is 39.7. The molecule has 15 heteroatoms. The maximum Gasteiger partial charge on any atom is 0.338 e. The van der Waals surface area contributed by atoms with Crippen LogP contribution in [0.2, 0.25) is 0 Å². The van der Waals surface area contributed by atoms with E-state index in [4.69, 9.17) is 28.4 Å². The number of esters is 1. The van der Waals surface area contributed by atoms with Gasteiger partial charge in [-0.15, -0.1) is 5.10 Å². The summed E-state index contributed by atoms with van der Waals surface area (Å²) in [5.41, 5.74) is -0.369. The first-order valence-corrected chi connectivity index (χ1v) is 25.1. The Bertz CT molecular complexity index is 2110. The molecule has 15 nitrogen and oxygen atoms in total. The van der Waals surface area contributed by atoms with Gasteiger partial charge in [-0.25, -0.2) is 9.48 Å². The molecule has 4 saturated heterocycles. The van der Waals surface area contributed by atoms with Crippen LogP contribution in [0, 0.1) is 41.4 Å². The highest BCUT2D eigenvalue weighted by atomic mass is 16.8. The third-order valence-corrected chi connectivity index (χ3v) is 16.8. The van der Waals surface area contributed by atoms with E-state index in [-0.39, 0.29) is 29.6 Å². The van der Waals surface area contributed by atoms with Gasteiger partial charge in [0.05, 0.1) is 72.6 Å². The number of benzene rings is 1. The van der Waals surface area contributed by atoms with Crippen molar-refractivity contribution in [2.75, 3.05) is 7.11 Å². The SMILES string of the molecule is CC[C@@H](C(=O)[C@@H](C)[C@@H](O)[C@H](C)[C@@H]1O[C@@H]([C@@H](CC)C(=O)O)CC[C@@H]1C)[C@H]1O[C@]2(C=C[C@H](n3cc(-c4ccccc4C(=O)OC)nn3)[C@]3(CC[C@@](C)([C@H]4CC[C@](O)(CC)[C@H](C)O4)O3)O2)[C@H](C)C[C@@H]1C. The van der Waals surface area contributed by atoms with E-state index in [1.807, 2.05) is 59.8 Å². The Morgan fingerprint density at radius 1 is 0.925 bits per heavy atom. The summed E-state index contributed by atoms with van der Waals surface area (Å²) in [7, 11) is 1.34.